The van der Waals surface area contributed by atoms with Gasteiger partial charge in [-0.25, -0.2) is 9.97 Å². The molecule has 0 aromatic carbocycles. The van der Waals surface area contributed by atoms with Crippen LogP contribution >= 0.6 is 0 Å². The fourth-order valence-corrected chi connectivity index (χ4v) is 2.54. The Morgan fingerprint density at radius 2 is 2.00 bits per heavy atom. The van der Waals surface area contributed by atoms with E-state index in [4.69, 9.17) is 4.74 Å². The Hall–Kier alpha value is -2.42. The predicted molar refractivity (Wildman–Crippen MR) is 81.7 cm³/mol. The molecule has 1 saturated heterocycles. The van der Waals surface area contributed by atoms with Crippen LogP contribution in [0.4, 0.5) is 24.8 Å². The smallest absolute Gasteiger partial charge is 0.372 e. The summed E-state index contributed by atoms with van der Waals surface area (Å²) in [6.45, 7) is 1.41. The van der Waals surface area contributed by atoms with Gasteiger partial charge in [0.05, 0.1) is 18.7 Å². The van der Waals surface area contributed by atoms with Crippen LogP contribution in [0.25, 0.3) is 0 Å². The van der Waals surface area contributed by atoms with Crippen LogP contribution in [0, 0.1) is 0 Å². The summed E-state index contributed by atoms with van der Waals surface area (Å²) in [7, 11) is 1.74. The van der Waals surface area contributed by atoms with Crippen LogP contribution in [-0.4, -0.2) is 41.7 Å². The zero-order chi connectivity index (χ0) is 17.2. The third-order valence-corrected chi connectivity index (χ3v) is 3.73. The number of nitrogens with one attached hydrogen (secondary N) is 1. The number of pyridine rings is 1. The molecule has 3 rings (SSSR count). The number of halogens is 3. The van der Waals surface area contributed by atoms with Gasteiger partial charge < -0.3 is 15.0 Å². The van der Waals surface area contributed by atoms with Gasteiger partial charge in [-0.15, -0.1) is 0 Å². The lowest BCUT2D eigenvalue weighted by Gasteiger charge is -2.33. The number of hydrogen-bond acceptors (Lipinski definition) is 6. The van der Waals surface area contributed by atoms with Gasteiger partial charge in [-0.05, 0) is 12.1 Å². The lowest BCUT2D eigenvalue weighted by molar-refractivity contribution is -0.137. The van der Waals surface area contributed by atoms with Gasteiger partial charge in [0.15, 0.2) is 0 Å². The average molecular weight is 339 g/mol. The van der Waals surface area contributed by atoms with Crippen molar-refractivity contribution in [1.82, 2.24) is 15.0 Å². The lowest BCUT2D eigenvalue weighted by atomic mass is 10.2. The van der Waals surface area contributed by atoms with E-state index >= 15 is 0 Å². The van der Waals surface area contributed by atoms with Gasteiger partial charge in [-0.3, -0.25) is 4.98 Å². The van der Waals surface area contributed by atoms with Gasteiger partial charge in [0.1, 0.15) is 23.4 Å². The topological polar surface area (TPSA) is 63.2 Å². The van der Waals surface area contributed by atoms with Gasteiger partial charge in [-0.2, -0.15) is 13.2 Å². The number of rotatable bonds is 3. The van der Waals surface area contributed by atoms with Crippen LogP contribution in [0.15, 0.2) is 30.7 Å². The van der Waals surface area contributed by atoms with Crippen molar-refractivity contribution in [3.63, 3.8) is 0 Å². The summed E-state index contributed by atoms with van der Waals surface area (Å²) in [5.74, 6) is 1.09. The maximum atomic E-state index is 12.6. The van der Waals surface area contributed by atoms with Crippen molar-refractivity contribution in [2.45, 2.75) is 12.3 Å². The number of aromatic nitrogens is 3. The number of morpholine rings is 1. The van der Waals surface area contributed by atoms with Gasteiger partial charge in [0.2, 0.25) is 0 Å². The maximum absolute atomic E-state index is 12.6. The molecule has 1 N–H and O–H groups in total. The van der Waals surface area contributed by atoms with Gasteiger partial charge in [0.25, 0.3) is 0 Å². The van der Waals surface area contributed by atoms with Crippen LogP contribution in [0.2, 0.25) is 0 Å². The first kappa shape index (κ1) is 16.4. The summed E-state index contributed by atoms with van der Waals surface area (Å²) < 4.78 is 43.6. The van der Waals surface area contributed by atoms with Crippen molar-refractivity contribution in [3.05, 3.63) is 42.0 Å². The Morgan fingerprint density at radius 1 is 1.21 bits per heavy atom. The number of nitrogens with zero attached hydrogens (tertiary/aromatic N) is 4. The van der Waals surface area contributed by atoms with Crippen LogP contribution in [0.3, 0.4) is 0 Å². The Kier molecular flexibility index (Phi) is 4.52. The minimum atomic E-state index is -4.39. The molecule has 1 aliphatic rings. The number of alkyl halides is 3. The van der Waals surface area contributed by atoms with Crippen molar-refractivity contribution in [1.29, 1.82) is 0 Å². The molecule has 1 atom stereocenters. The molecule has 6 nitrogen and oxygen atoms in total. The Labute approximate surface area is 136 Å². The monoisotopic (exact) mass is 339 g/mol. The first-order valence-corrected chi connectivity index (χ1v) is 7.37. The van der Waals surface area contributed by atoms with Gasteiger partial charge in [-0.1, -0.05) is 0 Å². The van der Waals surface area contributed by atoms with E-state index in [1.165, 1.54) is 6.07 Å². The minimum Gasteiger partial charge on any atom is -0.372 e. The summed E-state index contributed by atoms with van der Waals surface area (Å²) in [6, 6.07) is 2.41. The predicted octanol–water partition coefficient (Wildman–Crippen LogP) is 2.51. The standard InChI is InChI=1S/C15H16F3N5O/c1-19-14-13(20-4-5-21-14)11-9-23(6-7-24-11)12-3-2-10(8-22-12)15(16,17)18/h2-5,8,11H,6-7,9H2,1H3,(H,19,21)/t11-/m0/s1. The van der Waals surface area contributed by atoms with E-state index in [0.29, 0.717) is 37.0 Å². The molecule has 1 fully saturated rings. The third-order valence-electron chi connectivity index (χ3n) is 3.73. The van der Waals surface area contributed by atoms with Crippen LogP contribution < -0.4 is 10.2 Å². The van der Waals surface area contributed by atoms with Crippen molar-refractivity contribution >= 4 is 11.6 Å². The number of anilines is 2. The maximum Gasteiger partial charge on any atom is 0.417 e. The van der Waals surface area contributed by atoms with Gasteiger partial charge in [0, 0.05) is 32.2 Å². The van der Waals surface area contributed by atoms with Crippen molar-refractivity contribution in [2.75, 3.05) is 37.0 Å². The Morgan fingerprint density at radius 3 is 2.67 bits per heavy atom. The normalized spacial score (nSPS) is 18.5. The Bertz CT molecular complexity index is 692. The third kappa shape index (κ3) is 3.40. The molecule has 0 unspecified atom stereocenters. The molecule has 2 aromatic heterocycles. The van der Waals surface area contributed by atoms with E-state index in [9.17, 15) is 13.2 Å². The van der Waals surface area contributed by atoms with Crippen molar-refractivity contribution in [3.8, 4) is 0 Å². The molecule has 0 radical (unpaired) electrons. The fourth-order valence-electron chi connectivity index (χ4n) is 2.54. The number of ether oxygens (including phenoxy) is 1. The molecular weight excluding hydrogens is 323 g/mol. The molecule has 9 heteroatoms. The molecule has 0 amide bonds. The minimum absolute atomic E-state index is 0.334. The highest BCUT2D eigenvalue weighted by Gasteiger charge is 2.31. The highest BCUT2D eigenvalue weighted by molar-refractivity contribution is 5.44. The molecule has 0 spiro atoms. The second kappa shape index (κ2) is 6.60. The summed E-state index contributed by atoms with van der Waals surface area (Å²) in [5, 5.41) is 2.96. The molecule has 0 aliphatic carbocycles. The molecule has 0 bridgehead atoms. The summed E-state index contributed by atoms with van der Waals surface area (Å²) in [6.07, 6.45) is -0.719. The van der Waals surface area contributed by atoms with Crippen molar-refractivity contribution < 1.29 is 17.9 Å². The largest absolute Gasteiger partial charge is 0.417 e. The van der Waals surface area contributed by atoms with E-state index in [-0.39, 0.29) is 6.10 Å². The quantitative estimate of drug-likeness (QED) is 0.927. The first-order chi connectivity index (χ1) is 11.5. The SMILES string of the molecule is CNc1nccnc1[C@@H]1CN(c2ccc(C(F)(F)F)cn2)CCO1. The molecule has 1 aliphatic heterocycles. The molecule has 3 heterocycles. The zero-order valence-corrected chi connectivity index (χ0v) is 12.9. The van der Waals surface area contributed by atoms with E-state index in [1.807, 2.05) is 4.90 Å². The average Bonchev–Trinajstić information content (AvgIpc) is 2.61. The molecular formula is C15H16F3N5O. The van der Waals surface area contributed by atoms with Crippen molar-refractivity contribution in [2.24, 2.45) is 0 Å². The first-order valence-electron chi connectivity index (χ1n) is 7.37. The van der Waals surface area contributed by atoms with E-state index < -0.39 is 11.7 Å². The zero-order valence-electron chi connectivity index (χ0n) is 12.9. The summed E-state index contributed by atoms with van der Waals surface area (Å²) in [4.78, 5) is 14.3. The molecule has 24 heavy (non-hydrogen) atoms. The number of hydrogen-bond donors (Lipinski definition) is 1. The van der Waals surface area contributed by atoms with Gasteiger partial charge >= 0.3 is 6.18 Å². The lowest BCUT2D eigenvalue weighted by Crippen LogP contribution is -2.39. The van der Waals surface area contributed by atoms with E-state index in [2.05, 4.69) is 20.3 Å². The summed E-state index contributed by atoms with van der Waals surface area (Å²) in [5.41, 5.74) is -0.0981. The van der Waals surface area contributed by atoms with E-state index in [1.54, 1.807) is 19.4 Å². The summed E-state index contributed by atoms with van der Waals surface area (Å²) >= 11 is 0. The van der Waals surface area contributed by atoms with E-state index in [0.717, 1.165) is 12.3 Å². The Balaban J connectivity index is 1.78. The van der Waals surface area contributed by atoms with Crippen LogP contribution in [-0.2, 0) is 10.9 Å². The molecule has 0 saturated carbocycles. The molecule has 128 valence electrons. The molecule has 2 aromatic rings. The highest BCUT2D eigenvalue weighted by Crippen LogP contribution is 2.31. The second-order valence-corrected chi connectivity index (χ2v) is 5.25. The second-order valence-electron chi connectivity index (χ2n) is 5.25. The highest BCUT2D eigenvalue weighted by atomic mass is 19.4. The fraction of sp³-hybridized carbons (Fsp3) is 0.400. The van der Waals surface area contributed by atoms with Crippen LogP contribution in [0.5, 0.6) is 0 Å². The van der Waals surface area contributed by atoms with Crippen LogP contribution in [0.1, 0.15) is 17.4 Å².